The highest BCUT2D eigenvalue weighted by molar-refractivity contribution is 6.32. The van der Waals surface area contributed by atoms with Crippen molar-refractivity contribution in [2.75, 3.05) is 6.61 Å². The predicted molar refractivity (Wildman–Crippen MR) is 84.3 cm³/mol. The Hall–Kier alpha value is -1.51. The maximum atomic E-state index is 6.17. The van der Waals surface area contributed by atoms with Gasteiger partial charge in [-0.1, -0.05) is 47.5 Å². The summed E-state index contributed by atoms with van der Waals surface area (Å²) in [6, 6.07) is 14.5. The molecule has 0 spiro atoms. The number of benzene rings is 2. The molecule has 0 heterocycles. The quantitative estimate of drug-likeness (QED) is 0.854. The van der Waals surface area contributed by atoms with Crippen LogP contribution in [0.4, 0.5) is 0 Å². The van der Waals surface area contributed by atoms with Crippen LogP contribution in [0.5, 0.6) is 5.75 Å². The molecule has 2 rings (SSSR count). The number of hydrogen-bond acceptors (Lipinski definition) is 2. The molecule has 20 heavy (non-hydrogen) atoms. The minimum Gasteiger partial charge on any atom is -0.492 e. The van der Waals surface area contributed by atoms with Crippen molar-refractivity contribution in [3.63, 3.8) is 0 Å². The third-order valence-electron chi connectivity index (χ3n) is 3.07. The van der Waals surface area contributed by atoms with Crippen molar-refractivity contribution in [3.8, 4) is 5.75 Å². The van der Waals surface area contributed by atoms with Crippen LogP contribution in [-0.4, -0.2) is 6.61 Å². The number of rotatable bonds is 6. The van der Waals surface area contributed by atoms with Gasteiger partial charge in [0.25, 0.3) is 0 Å². The zero-order chi connectivity index (χ0) is 14.4. The Kier molecular flexibility index (Phi) is 5.45. The largest absolute Gasteiger partial charge is 0.492 e. The highest BCUT2D eigenvalue weighted by Gasteiger charge is 2.02. The molecule has 0 aliphatic heterocycles. The predicted octanol–water partition coefficient (Wildman–Crippen LogP) is 4.34. The minimum atomic E-state index is 0.630. The summed E-state index contributed by atoms with van der Waals surface area (Å²) >= 11 is 6.17. The second-order valence-corrected chi connectivity index (χ2v) is 5.19. The van der Waals surface area contributed by atoms with Gasteiger partial charge in [0.1, 0.15) is 5.75 Å². The average Bonchev–Trinajstić information content (AvgIpc) is 2.44. The fraction of sp³-hybridized carbons (Fsp3) is 0.294. The van der Waals surface area contributed by atoms with E-state index in [1.165, 1.54) is 11.1 Å². The molecule has 0 amide bonds. The molecule has 0 aliphatic rings. The summed E-state index contributed by atoms with van der Waals surface area (Å²) < 4.78 is 5.42. The Balaban J connectivity index is 1.87. The third-order valence-corrected chi connectivity index (χ3v) is 3.37. The zero-order valence-electron chi connectivity index (χ0n) is 11.9. The van der Waals surface area contributed by atoms with Crippen LogP contribution in [0.15, 0.2) is 42.5 Å². The molecule has 3 heteroatoms. The summed E-state index contributed by atoms with van der Waals surface area (Å²) in [5.74, 6) is 0.747. The Bertz CT molecular complexity index is 551. The molecule has 2 aromatic carbocycles. The molecule has 106 valence electrons. The fourth-order valence-electron chi connectivity index (χ4n) is 1.98. The first-order valence-corrected chi connectivity index (χ1v) is 7.24. The van der Waals surface area contributed by atoms with E-state index in [9.17, 15) is 0 Å². The van der Waals surface area contributed by atoms with Gasteiger partial charge in [0.15, 0.2) is 0 Å². The second kappa shape index (κ2) is 7.32. The lowest BCUT2D eigenvalue weighted by molar-refractivity contribution is 0.340. The monoisotopic (exact) mass is 289 g/mol. The number of hydrogen-bond donors (Lipinski definition) is 1. The van der Waals surface area contributed by atoms with E-state index in [-0.39, 0.29) is 0 Å². The van der Waals surface area contributed by atoms with Gasteiger partial charge in [0.2, 0.25) is 0 Å². The van der Waals surface area contributed by atoms with Gasteiger partial charge in [0.05, 0.1) is 11.6 Å². The molecule has 0 atom stereocenters. The van der Waals surface area contributed by atoms with E-state index in [2.05, 4.69) is 36.5 Å². The van der Waals surface area contributed by atoms with Gasteiger partial charge in [-0.25, -0.2) is 0 Å². The summed E-state index contributed by atoms with van der Waals surface area (Å²) in [5, 5.41) is 4.08. The van der Waals surface area contributed by atoms with Crippen LogP contribution >= 0.6 is 11.6 Å². The van der Waals surface area contributed by atoms with Crippen LogP contribution in [0.1, 0.15) is 23.6 Å². The molecular formula is C17H20ClNO. The topological polar surface area (TPSA) is 21.3 Å². The summed E-state index contributed by atoms with van der Waals surface area (Å²) in [6.07, 6.45) is 0. The molecule has 0 aliphatic carbocycles. The lowest BCUT2D eigenvalue weighted by Gasteiger charge is -2.09. The number of nitrogens with one attached hydrogen (secondary N) is 1. The van der Waals surface area contributed by atoms with E-state index < -0.39 is 0 Å². The fourth-order valence-corrected chi connectivity index (χ4v) is 2.24. The van der Waals surface area contributed by atoms with Crippen molar-refractivity contribution < 1.29 is 4.74 Å². The van der Waals surface area contributed by atoms with Gasteiger partial charge in [-0.15, -0.1) is 0 Å². The average molecular weight is 290 g/mol. The molecule has 0 unspecified atom stereocenters. The van der Waals surface area contributed by atoms with E-state index in [0.29, 0.717) is 11.6 Å². The normalized spacial score (nSPS) is 10.6. The number of ether oxygens (including phenoxy) is 1. The van der Waals surface area contributed by atoms with Gasteiger partial charge >= 0.3 is 0 Å². The first kappa shape index (κ1) is 14.9. The lowest BCUT2D eigenvalue weighted by Crippen LogP contribution is -2.12. The van der Waals surface area contributed by atoms with Gasteiger partial charge in [-0.2, -0.15) is 0 Å². The van der Waals surface area contributed by atoms with Gasteiger partial charge < -0.3 is 10.1 Å². The van der Waals surface area contributed by atoms with Crippen molar-refractivity contribution in [1.82, 2.24) is 5.32 Å². The first-order valence-electron chi connectivity index (χ1n) is 6.86. The van der Waals surface area contributed by atoms with Gasteiger partial charge in [0, 0.05) is 13.1 Å². The summed E-state index contributed by atoms with van der Waals surface area (Å²) in [6.45, 7) is 6.32. The Morgan fingerprint density at radius 2 is 1.65 bits per heavy atom. The van der Waals surface area contributed by atoms with Crippen molar-refractivity contribution in [2.24, 2.45) is 0 Å². The maximum Gasteiger partial charge on any atom is 0.137 e. The number of halogens is 1. The van der Waals surface area contributed by atoms with Crippen molar-refractivity contribution >= 4 is 11.6 Å². The smallest absolute Gasteiger partial charge is 0.137 e. The molecule has 0 radical (unpaired) electrons. The summed E-state index contributed by atoms with van der Waals surface area (Å²) in [4.78, 5) is 0. The molecule has 0 fully saturated rings. The van der Waals surface area contributed by atoms with Gasteiger partial charge in [-0.05, 0) is 37.1 Å². The molecule has 0 bridgehead atoms. The Morgan fingerprint density at radius 3 is 2.30 bits per heavy atom. The van der Waals surface area contributed by atoms with Crippen molar-refractivity contribution in [2.45, 2.75) is 26.9 Å². The lowest BCUT2D eigenvalue weighted by atomic mass is 10.1. The van der Waals surface area contributed by atoms with Crippen LogP contribution < -0.4 is 10.1 Å². The summed E-state index contributed by atoms with van der Waals surface area (Å²) in [5.41, 5.74) is 3.73. The van der Waals surface area contributed by atoms with Crippen LogP contribution in [0, 0.1) is 6.92 Å². The zero-order valence-corrected chi connectivity index (χ0v) is 12.7. The SMILES string of the molecule is CCOc1ccc(CNCc2ccc(C)cc2)cc1Cl. The van der Waals surface area contributed by atoms with Crippen molar-refractivity contribution in [1.29, 1.82) is 0 Å². The molecule has 0 saturated carbocycles. The van der Waals surface area contributed by atoms with E-state index in [0.717, 1.165) is 24.4 Å². The highest BCUT2D eigenvalue weighted by Crippen LogP contribution is 2.25. The van der Waals surface area contributed by atoms with E-state index in [1.807, 2.05) is 25.1 Å². The molecule has 0 aromatic heterocycles. The highest BCUT2D eigenvalue weighted by atomic mass is 35.5. The maximum absolute atomic E-state index is 6.17. The second-order valence-electron chi connectivity index (χ2n) is 4.79. The van der Waals surface area contributed by atoms with Crippen LogP contribution in [0.2, 0.25) is 5.02 Å². The Labute approximate surface area is 125 Å². The van der Waals surface area contributed by atoms with Crippen LogP contribution in [-0.2, 0) is 13.1 Å². The molecule has 0 saturated heterocycles. The van der Waals surface area contributed by atoms with E-state index >= 15 is 0 Å². The summed E-state index contributed by atoms with van der Waals surface area (Å²) in [7, 11) is 0. The molecule has 2 aromatic rings. The van der Waals surface area contributed by atoms with E-state index in [4.69, 9.17) is 16.3 Å². The minimum absolute atomic E-state index is 0.630. The first-order chi connectivity index (χ1) is 9.69. The molecule has 2 nitrogen and oxygen atoms in total. The number of aryl methyl sites for hydroxylation is 1. The Morgan fingerprint density at radius 1 is 1.00 bits per heavy atom. The standard InChI is InChI=1S/C17H20ClNO/c1-3-20-17-9-8-15(10-16(17)18)12-19-11-14-6-4-13(2)5-7-14/h4-10,19H,3,11-12H2,1-2H3. The van der Waals surface area contributed by atoms with Crippen molar-refractivity contribution in [3.05, 3.63) is 64.2 Å². The van der Waals surface area contributed by atoms with Crippen LogP contribution in [0.25, 0.3) is 0 Å². The third kappa shape index (κ3) is 4.26. The molecular weight excluding hydrogens is 270 g/mol. The molecule has 1 N–H and O–H groups in total. The van der Waals surface area contributed by atoms with Crippen LogP contribution in [0.3, 0.4) is 0 Å². The van der Waals surface area contributed by atoms with E-state index in [1.54, 1.807) is 0 Å². The van der Waals surface area contributed by atoms with Gasteiger partial charge in [-0.3, -0.25) is 0 Å².